The van der Waals surface area contributed by atoms with Crippen molar-refractivity contribution in [3.63, 3.8) is 0 Å². The zero-order valence-electron chi connectivity index (χ0n) is 12.5. The highest BCUT2D eigenvalue weighted by Crippen LogP contribution is 2.34. The molecule has 0 aromatic rings. The van der Waals surface area contributed by atoms with Gasteiger partial charge in [0.15, 0.2) is 0 Å². The molecular formula is C16H33N. The predicted octanol–water partition coefficient (Wildman–Crippen LogP) is 4.62. The first kappa shape index (κ1) is 15.0. The molecule has 0 heterocycles. The Morgan fingerprint density at radius 3 is 2.18 bits per heavy atom. The second-order valence-electron chi connectivity index (χ2n) is 6.38. The van der Waals surface area contributed by atoms with Crippen LogP contribution < -0.4 is 5.32 Å². The van der Waals surface area contributed by atoms with Gasteiger partial charge in [0.25, 0.3) is 0 Å². The van der Waals surface area contributed by atoms with Crippen molar-refractivity contribution in [3.8, 4) is 0 Å². The van der Waals surface area contributed by atoms with Gasteiger partial charge in [0.05, 0.1) is 0 Å². The molecule has 1 heteroatoms. The molecule has 0 amide bonds. The molecule has 1 N–H and O–H groups in total. The molecule has 1 nitrogen and oxygen atoms in total. The number of hydrogen-bond donors (Lipinski definition) is 1. The molecule has 0 bridgehead atoms. The Bertz CT molecular complexity index is 180. The average molecular weight is 239 g/mol. The Balaban J connectivity index is 2.40. The van der Waals surface area contributed by atoms with Crippen molar-refractivity contribution in [1.29, 1.82) is 0 Å². The van der Waals surface area contributed by atoms with Crippen LogP contribution in [-0.4, -0.2) is 12.6 Å². The third kappa shape index (κ3) is 5.42. The van der Waals surface area contributed by atoms with Crippen LogP contribution in [0.4, 0.5) is 0 Å². The molecule has 1 aliphatic carbocycles. The van der Waals surface area contributed by atoms with E-state index in [0.717, 1.165) is 23.8 Å². The minimum atomic E-state index is 0.785. The Morgan fingerprint density at radius 1 is 1.06 bits per heavy atom. The summed E-state index contributed by atoms with van der Waals surface area (Å²) < 4.78 is 0. The monoisotopic (exact) mass is 239 g/mol. The van der Waals surface area contributed by atoms with E-state index in [4.69, 9.17) is 0 Å². The SMILES string of the molecule is CCCNC(CC(C)C)C1CCC(CC)CC1. The first-order valence-corrected chi connectivity index (χ1v) is 7.90. The van der Waals surface area contributed by atoms with Crippen LogP contribution in [-0.2, 0) is 0 Å². The molecule has 1 saturated carbocycles. The van der Waals surface area contributed by atoms with Crippen molar-refractivity contribution < 1.29 is 0 Å². The zero-order valence-corrected chi connectivity index (χ0v) is 12.5. The molecular weight excluding hydrogens is 206 g/mol. The van der Waals surface area contributed by atoms with Crippen molar-refractivity contribution in [2.75, 3.05) is 6.54 Å². The number of nitrogens with one attached hydrogen (secondary N) is 1. The standard InChI is InChI=1S/C16H33N/c1-5-11-17-16(12-13(3)4)15-9-7-14(6-2)8-10-15/h13-17H,5-12H2,1-4H3. The van der Waals surface area contributed by atoms with Gasteiger partial charge in [-0.1, -0.05) is 47.0 Å². The van der Waals surface area contributed by atoms with E-state index in [9.17, 15) is 0 Å². The molecule has 0 aromatic carbocycles. The first-order chi connectivity index (χ1) is 8.17. The lowest BCUT2D eigenvalue weighted by molar-refractivity contribution is 0.201. The van der Waals surface area contributed by atoms with Gasteiger partial charge in [-0.25, -0.2) is 0 Å². The highest BCUT2D eigenvalue weighted by Gasteiger charge is 2.26. The maximum atomic E-state index is 3.80. The molecule has 1 atom stereocenters. The fourth-order valence-electron chi connectivity index (χ4n) is 3.28. The molecule has 0 aliphatic heterocycles. The molecule has 1 fully saturated rings. The van der Waals surface area contributed by atoms with Crippen LogP contribution in [0.3, 0.4) is 0 Å². The lowest BCUT2D eigenvalue weighted by Crippen LogP contribution is -2.39. The topological polar surface area (TPSA) is 12.0 Å². The highest BCUT2D eigenvalue weighted by molar-refractivity contribution is 4.82. The number of hydrogen-bond acceptors (Lipinski definition) is 1. The van der Waals surface area contributed by atoms with E-state index < -0.39 is 0 Å². The maximum absolute atomic E-state index is 3.80. The van der Waals surface area contributed by atoms with Gasteiger partial charge >= 0.3 is 0 Å². The van der Waals surface area contributed by atoms with Crippen molar-refractivity contribution in [2.45, 2.75) is 78.7 Å². The predicted molar refractivity (Wildman–Crippen MR) is 77.3 cm³/mol. The van der Waals surface area contributed by atoms with E-state index in [0.29, 0.717) is 0 Å². The van der Waals surface area contributed by atoms with Crippen LogP contribution in [0.2, 0.25) is 0 Å². The van der Waals surface area contributed by atoms with E-state index in [-0.39, 0.29) is 0 Å². The Morgan fingerprint density at radius 2 is 1.71 bits per heavy atom. The van der Waals surface area contributed by atoms with Gasteiger partial charge in [-0.05, 0) is 50.0 Å². The smallest absolute Gasteiger partial charge is 0.00977 e. The molecule has 0 saturated heterocycles. The number of rotatable bonds is 7. The summed E-state index contributed by atoms with van der Waals surface area (Å²) in [6.45, 7) is 10.5. The van der Waals surface area contributed by atoms with Gasteiger partial charge in [0, 0.05) is 6.04 Å². The van der Waals surface area contributed by atoms with Crippen molar-refractivity contribution in [3.05, 3.63) is 0 Å². The molecule has 102 valence electrons. The summed E-state index contributed by atoms with van der Waals surface area (Å²) in [5.41, 5.74) is 0. The molecule has 0 radical (unpaired) electrons. The summed E-state index contributed by atoms with van der Waals surface area (Å²) in [4.78, 5) is 0. The van der Waals surface area contributed by atoms with Crippen LogP contribution in [0.25, 0.3) is 0 Å². The molecule has 1 rings (SSSR count). The van der Waals surface area contributed by atoms with Gasteiger partial charge in [-0.15, -0.1) is 0 Å². The van der Waals surface area contributed by atoms with E-state index in [1.54, 1.807) is 0 Å². The van der Waals surface area contributed by atoms with Crippen LogP contribution >= 0.6 is 0 Å². The Kier molecular flexibility index (Phi) is 7.18. The fraction of sp³-hybridized carbons (Fsp3) is 1.00. The van der Waals surface area contributed by atoms with Crippen LogP contribution in [0.5, 0.6) is 0 Å². The second-order valence-corrected chi connectivity index (χ2v) is 6.38. The minimum absolute atomic E-state index is 0.785. The Hall–Kier alpha value is -0.0400. The van der Waals surface area contributed by atoms with E-state index in [2.05, 4.69) is 33.0 Å². The molecule has 0 aromatic heterocycles. The van der Waals surface area contributed by atoms with Gasteiger partial charge in [-0.3, -0.25) is 0 Å². The Labute approximate surface area is 109 Å². The first-order valence-electron chi connectivity index (χ1n) is 7.90. The lowest BCUT2D eigenvalue weighted by atomic mass is 9.76. The molecule has 0 spiro atoms. The summed E-state index contributed by atoms with van der Waals surface area (Å²) in [6, 6.07) is 0.785. The quantitative estimate of drug-likeness (QED) is 0.683. The van der Waals surface area contributed by atoms with Crippen molar-refractivity contribution in [2.24, 2.45) is 17.8 Å². The zero-order chi connectivity index (χ0) is 12.7. The third-order valence-corrected chi connectivity index (χ3v) is 4.42. The van der Waals surface area contributed by atoms with Gasteiger partial charge in [-0.2, -0.15) is 0 Å². The minimum Gasteiger partial charge on any atom is -0.314 e. The largest absolute Gasteiger partial charge is 0.314 e. The van der Waals surface area contributed by atoms with E-state index in [1.165, 1.54) is 51.5 Å². The van der Waals surface area contributed by atoms with Crippen molar-refractivity contribution in [1.82, 2.24) is 5.32 Å². The molecule has 17 heavy (non-hydrogen) atoms. The molecule has 1 aliphatic rings. The van der Waals surface area contributed by atoms with Crippen LogP contribution in [0.1, 0.15) is 72.6 Å². The van der Waals surface area contributed by atoms with Gasteiger partial charge in [0.2, 0.25) is 0 Å². The van der Waals surface area contributed by atoms with Crippen molar-refractivity contribution >= 4 is 0 Å². The summed E-state index contributed by atoms with van der Waals surface area (Å²) in [7, 11) is 0. The average Bonchev–Trinajstić information content (AvgIpc) is 2.34. The van der Waals surface area contributed by atoms with Crippen LogP contribution in [0, 0.1) is 17.8 Å². The second kappa shape index (κ2) is 8.13. The summed E-state index contributed by atoms with van der Waals surface area (Å²) in [5.74, 6) is 2.80. The summed E-state index contributed by atoms with van der Waals surface area (Å²) >= 11 is 0. The maximum Gasteiger partial charge on any atom is 0.00977 e. The third-order valence-electron chi connectivity index (χ3n) is 4.42. The van der Waals surface area contributed by atoms with Crippen LogP contribution in [0.15, 0.2) is 0 Å². The normalized spacial score (nSPS) is 27.4. The van der Waals surface area contributed by atoms with E-state index >= 15 is 0 Å². The fourth-order valence-corrected chi connectivity index (χ4v) is 3.28. The van der Waals surface area contributed by atoms with Gasteiger partial charge < -0.3 is 5.32 Å². The van der Waals surface area contributed by atoms with E-state index in [1.807, 2.05) is 0 Å². The molecule has 1 unspecified atom stereocenters. The summed E-state index contributed by atoms with van der Waals surface area (Å²) in [6.07, 6.45) is 9.90. The highest BCUT2D eigenvalue weighted by atomic mass is 14.9. The van der Waals surface area contributed by atoms with Gasteiger partial charge in [0.1, 0.15) is 0 Å². The lowest BCUT2D eigenvalue weighted by Gasteiger charge is -2.35. The summed E-state index contributed by atoms with van der Waals surface area (Å²) in [5, 5.41) is 3.80.